The van der Waals surface area contributed by atoms with Crippen molar-refractivity contribution >= 4 is 36.4 Å². The van der Waals surface area contributed by atoms with E-state index in [9.17, 15) is 0 Å². The smallest absolute Gasteiger partial charge is 0.317 e. The molecule has 0 amide bonds. The molecule has 1 aliphatic heterocycles. The molecule has 2 rings (SSSR count). The lowest BCUT2D eigenvalue weighted by Crippen LogP contribution is -2.53. The van der Waals surface area contributed by atoms with E-state index in [0.29, 0.717) is 5.92 Å². The summed E-state index contributed by atoms with van der Waals surface area (Å²) in [7, 11) is -7.04. The second-order valence-electron chi connectivity index (χ2n) is 5.86. The summed E-state index contributed by atoms with van der Waals surface area (Å²) >= 11 is 0. The van der Waals surface area contributed by atoms with E-state index in [1.54, 1.807) is 0 Å². The molecule has 8 heteroatoms. The summed E-state index contributed by atoms with van der Waals surface area (Å²) in [5.74, 6) is 0.430. The first-order chi connectivity index (χ1) is 9.88. The monoisotopic (exact) mass is 358 g/mol. The van der Waals surface area contributed by atoms with Crippen molar-refractivity contribution in [2.75, 3.05) is 0 Å². The molecule has 0 aliphatic carbocycles. The third-order valence-electron chi connectivity index (χ3n) is 3.64. The van der Waals surface area contributed by atoms with Crippen LogP contribution in [0.15, 0.2) is 30.3 Å². The highest BCUT2D eigenvalue weighted by atomic mass is 28.5. The van der Waals surface area contributed by atoms with Crippen molar-refractivity contribution < 1.29 is 16.5 Å². The van der Waals surface area contributed by atoms with E-state index >= 15 is 0 Å². The molecule has 0 aromatic heterocycles. The summed E-state index contributed by atoms with van der Waals surface area (Å²) in [6.45, 7) is 10.7. The van der Waals surface area contributed by atoms with Gasteiger partial charge in [0, 0.05) is 0 Å². The Morgan fingerprint density at radius 3 is 2.00 bits per heavy atom. The number of hydrogen-bond acceptors (Lipinski definition) is 4. The number of hydrogen-bond donors (Lipinski definition) is 0. The van der Waals surface area contributed by atoms with Gasteiger partial charge in [-0.2, -0.15) is 0 Å². The van der Waals surface area contributed by atoms with Crippen LogP contribution in [0.5, 0.6) is 0 Å². The van der Waals surface area contributed by atoms with Gasteiger partial charge in [0.2, 0.25) is 0 Å². The van der Waals surface area contributed by atoms with Crippen molar-refractivity contribution in [3.63, 3.8) is 0 Å². The van der Waals surface area contributed by atoms with E-state index in [1.165, 1.54) is 5.56 Å². The SMILES string of the molecule is CC(C[Si]1(C)O[SiH](C)O[SiH](C)O[SiH](C)O1)c1ccccc1. The predicted octanol–water partition coefficient (Wildman–Crippen LogP) is 2.49. The van der Waals surface area contributed by atoms with Crippen molar-refractivity contribution in [2.45, 2.75) is 45.1 Å². The van der Waals surface area contributed by atoms with E-state index in [1.807, 2.05) is 0 Å². The van der Waals surface area contributed by atoms with Gasteiger partial charge in [0.05, 0.1) is 0 Å². The van der Waals surface area contributed by atoms with E-state index < -0.39 is 36.4 Å². The van der Waals surface area contributed by atoms with Gasteiger partial charge in [-0.15, -0.1) is 0 Å². The second kappa shape index (κ2) is 7.46. The van der Waals surface area contributed by atoms with Gasteiger partial charge in [0.1, 0.15) is 0 Å². The van der Waals surface area contributed by atoms with Crippen molar-refractivity contribution in [3.8, 4) is 0 Å². The maximum Gasteiger partial charge on any atom is 0.317 e. The van der Waals surface area contributed by atoms with Gasteiger partial charge in [-0.1, -0.05) is 37.3 Å². The Morgan fingerprint density at radius 1 is 0.952 bits per heavy atom. The Hall–Kier alpha value is -0.0725. The van der Waals surface area contributed by atoms with Gasteiger partial charge in [0.15, 0.2) is 0 Å². The Kier molecular flexibility index (Phi) is 6.14. The minimum Gasteiger partial charge on any atom is -0.420 e. The molecule has 0 radical (unpaired) electrons. The van der Waals surface area contributed by atoms with Crippen LogP contribution in [0.25, 0.3) is 0 Å². The number of rotatable bonds is 3. The van der Waals surface area contributed by atoms with Gasteiger partial charge < -0.3 is 16.5 Å². The highest BCUT2D eigenvalue weighted by Crippen LogP contribution is 2.29. The Labute approximate surface area is 134 Å². The Morgan fingerprint density at radius 2 is 1.48 bits per heavy atom. The van der Waals surface area contributed by atoms with Crippen LogP contribution < -0.4 is 0 Å². The standard InChI is InChI=1S/C13H26O4Si4/c1-12(13-9-7-6-8-10-13)11-21(5)16-19(3)14-18(2)15-20(4)17-21/h6-10,12,18-20H,11H2,1-5H3. The molecule has 118 valence electrons. The van der Waals surface area contributed by atoms with Crippen LogP contribution in [0.4, 0.5) is 0 Å². The topological polar surface area (TPSA) is 36.9 Å². The summed E-state index contributed by atoms with van der Waals surface area (Å²) in [6.07, 6.45) is 0. The van der Waals surface area contributed by atoms with Crippen LogP contribution in [0.2, 0.25) is 32.2 Å². The maximum atomic E-state index is 6.33. The second-order valence-corrected chi connectivity index (χ2v) is 16.0. The molecule has 21 heavy (non-hydrogen) atoms. The van der Waals surface area contributed by atoms with Crippen molar-refractivity contribution in [2.24, 2.45) is 0 Å². The van der Waals surface area contributed by atoms with Crippen LogP contribution >= 0.6 is 0 Å². The molecule has 0 bridgehead atoms. The largest absolute Gasteiger partial charge is 0.420 e. The minimum atomic E-state index is -2.23. The van der Waals surface area contributed by atoms with Gasteiger partial charge in [-0.25, -0.2) is 0 Å². The summed E-state index contributed by atoms with van der Waals surface area (Å²) in [5, 5.41) is 0. The van der Waals surface area contributed by atoms with E-state index in [4.69, 9.17) is 16.5 Å². The molecular formula is C13H26O4Si4. The third-order valence-corrected chi connectivity index (χ3v) is 17.8. The molecule has 1 saturated heterocycles. The summed E-state index contributed by atoms with van der Waals surface area (Å²) < 4.78 is 24.6. The van der Waals surface area contributed by atoms with Crippen LogP contribution in [0.3, 0.4) is 0 Å². The molecule has 1 heterocycles. The fourth-order valence-electron chi connectivity index (χ4n) is 2.91. The zero-order chi connectivity index (χ0) is 15.5. The van der Waals surface area contributed by atoms with Crippen molar-refractivity contribution in [3.05, 3.63) is 35.9 Å². The summed E-state index contributed by atoms with van der Waals surface area (Å²) in [6, 6.07) is 11.5. The van der Waals surface area contributed by atoms with E-state index in [-0.39, 0.29) is 0 Å². The Balaban J connectivity index is 2.08. The zero-order valence-electron chi connectivity index (χ0n) is 13.5. The summed E-state index contributed by atoms with van der Waals surface area (Å²) in [4.78, 5) is 0. The molecule has 1 fully saturated rings. The van der Waals surface area contributed by atoms with Gasteiger partial charge in [-0.3, -0.25) is 0 Å². The highest BCUT2D eigenvalue weighted by molar-refractivity contribution is 6.81. The first-order valence-corrected chi connectivity index (χ1v) is 16.4. The lowest BCUT2D eigenvalue weighted by Gasteiger charge is -2.38. The maximum absolute atomic E-state index is 6.33. The molecule has 1 aromatic rings. The van der Waals surface area contributed by atoms with E-state index in [0.717, 1.165) is 6.04 Å². The molecule has 3 unspecified atom stereocenters. The normalized spacial score (nSPS) is 35.8. The van der Waals surface area contributed by atoms with Crippen LogP contribution in [0, 0.1) is 0 Å². The van der Waals surface area contributed by atoms with Crippen LogP contribution in [-0.4, -0.2) is 36.4 Å². The molecule has 0 N–H and O–H groups in total. The third kappa shape index (κ3) is 5.25. The fraction of sp³-hybridized carbons (Fsp3) is 0.538. The lowest BCUT2D eigenvalue weighted by molar-refractivity contribution is 0.272. The quantitative estimate of drug-likeness (QED) is 0.778. The van der Waals surface area contributed by atoms with Gasteiger partial charge in [-0.05, 0) is 43.7 Å². The molecule has 1 aliphatic rings. The molecule has 1 aromatic carbocycles. The average Bonchev–Trinajstić information content (AvgIpc) is 2.36. The minimum absolute atomic E-state index is 0.430. The first kappa shape index (κ1) is 17.3. The molecule has 0 spiro atoms. The van der Waals surface area contributed by atoms with Gasteiger partial charge in [0.25, 0.3) is 27.9 Å². The highest BCUT2D eigenvalue weighted by Gasteiger charge is 2.40. The molecule has 3 atom stereocenters. The van der Waals surface area contributed by atoms with Crippen molar-refractivity contribution in [1.29, 1.82) is 0 Å². The lowest BCUT2D eigenvalue weighted by atomic mass is 10.0. The van der Waals surface area contributed by atoms with Crippen molar-refractivity contribution in [1.82, 2.24) is 0 Å². The van der Waals surface area contributed by atoms with Crippen LogP contribution in [-0.2, 0) is 16.5 Å². The predicted molar refractivity (Wildman–Crippen MR) is 94.7 cm³/mol. The Bertz CT molecular complexity index is 433. The number of benzene rings is 1. The fourth-order valence-corrected chi connectivity index (χ4v) is 18.0. The molecule has 0 saturated carbocycles. The first-order valence-electron chi connectivity index (χ1n) is 7.59. The zero-order valence-corrected chi connectivity index (χ0v) is 18.0. The van der Waals surface area contributed by atoms with Crippen LogP contribution in [0.1, 0.15) is 18.4 Å². The van der Waals surface area contributed by atoms with Gasteiger partial charge >= 0.3 is 8.56 Å². The van der Waals surface area contributed by atoms with E-state index in [2.05, 4.69) is 63.4 Å². The molecule has 4 nitrogen and oxygen atoms in total. The average molecular weight is 359 g/mol. The summed E-state index contributed by atoms with van der Waals surface area (Å²) in [5.41, 5.74) is 1.34. The molecular weight excluding hydrogens is 332 g/mol.